The number of alkyl halides is 3. The minimum absolute atomic E-state index is 0.00119. The number of amides is 1. The number of carbonyl (C=O) groups is 3. The number of carbonyl (C=O) groups excluding carboxylic acids is 3. The number of piperidine rings is 1. The van der Waals surface area contributed by atoms with Gasteiger partial charge in [0.1, 0.15) is 17.6 Å². The molecule has 0 radical (unpaired) electrons. The molecule has 0 bridgehead atoms. The van der Waals surface area contributed by atoms with Gasteiger partial charge in [-0.2, -0.15) is 13.2 Å². The Hall–Kier alpha value is -3.67. The molecule has 0 aromatic heterocycles. The summed E-state index contributed by atoms with van der Waals surface area (Å²) in [4.78, 5) is 40.2. The Balaban J connectivity index is 1.04. The van der Waals surface area contributed by atoms with Crippen molar-refractivity contribution in [2.24, 2.45) is 5.92 Å². The Morgan fingerprint density at radius 1 is 0.837 bits per heavy atom. The normalized spacial score (nSPS) is 18.8. The van der Waals surface area contributed by atoms with Gasteiger partial charge in [0.15, 0.2) is 0 Å². The molecule has 2 aliphatic heterocycles. The average molecular weight is 722 g/mol. The van der Waals surface area contributed by atoms with Crippen LogP contribution in [0.5, 0.6) is 5.75 Å². The first-order valence-electron chi connectivity index (χ1n) is 16.2. The largest absolute Gasteiger partial charge is 0.493 e. The van der Waals surface area contributed by atoms with E-state index in [1.54, 1.807) is 6.07 Å². The second-order valence-electron chi connectivity index (χ2n) is 12.9. The van der Waals surface area contributed by atoms with Gasteiger partial charge < -0.3 is 14.4 Å². The van der Waals surface area contributed by atoms with Crippen LogP contribution in [0.3, 0.4) is 0 Å². The topological polar surface area (TPSA) is 76.2 Å². The summed E-state index contributed by atoms with van der Waals surface area (Å²) in [5.41, 5.74) is 3.58. The number of esters is 2. The van der Waals surface area contributed by atoms with Crippen LogP contribution in [0.25, 0.3) is 11.1 Å². The molecule has 0 N–H and O–H groups in total. The summed E-state index contributed by atoms with van der Waals surface area (Å²) in [7, 11) is 0. The Bertz CT molecular complexity index is 1700. The van der Waals surface area contributed by atoms with E-state index in [0.29, 0.717) is 28.0 Å². The number of nitrogens with zero attached hydrogens (tertiary/aromatic N) is 2. The highest BCUT2D eigenvalue weighted by Crippen LogP contribution is 2.45. The quantitative estimate of drug-likeness (QED) is 0.126. The third kappa shape index (κ3) is 8.56. The van der Waals surface area contributed by atoms with Crippen molar-refractivity contribution in [3.63, 3.8) is 0 Å². The first-order valence-corrected chi connectivity index (χ1v) is 17.0. The summed E-state index contributed by atoms with van der Waals surface area (Å²) in [5, 5.41) is 1.17. The van der Waals surface area contributed by atoms with Crippen molar-refractivity contribution in [1.29, 1.82) is 0 Å². The maximum absolute atomic E-state index is 15.4. The molecule has 1 atom stereocenters. The second-order valence-corrected chi connectivity index (χ2v) is 13.8. The van der Waals surface area contributed by atoms with Crippen LogP contribution in [0.1, 0.15) is 65.9 Å². The fraction of sp³-hybridized carbons (Fsp3) is 0.417. The molecule has 3 aromatic carbocycles. The molecule has 3 aromatic rings. The fourth-order valence-corrected chi connectivity index (χ4v) is 7.03. The third-order valence-corrected chi connectivity index (χ3v) is 9.73. The van der Waals surface area contributed by atoms with Crippen LogP contribution in [-0.2, 0) is 20.9 Å². The molecule has 13 heteroatoms. The molecule has 0 spiro atoms. The maximum Gasteiger partial charge on any atom is 0.491 e. The van der Waals surface area contributed by atoms with E-state index in [0.717, 1.165) is 61.3 Å². The second kappa shape index (κ2) is 14.7. The number of hydrogen-bond acceptors (Lipinski definition) is 6. The van der Waals surface area contributed by atoms with E-state index >= 15 is 4.39 Å². The van der Waals surface area contributed by atoms with E-state index in [2.05, 4.69) is 33.9 Å². The monoisotopic (exact) mass is 720 g/mol. The molecule has 1 aliphatic carbocycles. The standard InChI is InChI=1S/C36H34Cl2F4N2O5/c37-26-14-25(15-27(38)16-26)23-5-3-21(4-6-23)19-43-12-9-22(10-13-43)20-48-32-18-30(39)29(17-28(32)24-7-8-24)33(45)44-11-1-2-31(44)34(46)49-35(47)36(40,41)42/h3-6,14-18,22,24,31H,1-2,7-13,19-20H2/t31-/m0/s1. The van der Waals surface area contributed by atoms with E-state index < -0.39 is 35.9 Å². The molecule has 2 heterocycles. The van der Waals surface area contributed by atoms with Crippen LogP contribution >= 0.6 is 23.2 Å². The molecule has 1 amide bonds. The van der Waals surface area contributed by atoms with Crippen LogP contribution in [0, 0.1) is 11.7 Å². The van der Waals surface area contributed by atoms with Gasteiger partial charge in [-0.3, -0.25) is 9.69 Å². The Morgan fingerprint density at radius 3 is 2.14 bits per heavy atom. The van der Waals surface area contributed by atoms with E-state index in [9.17, 15) is 27.6 Å². The Morgan fingerprint density at radius 2 is 1.51 bits per heavy atom. The smallest absolute Gasteiger partial charge is 0.491 e. The fourth-order valence-electron chi connectivity index (χ4n) is 6.50. The highest BCUT2D eigenvalue weighted by atomic mass is 35.5. The number of halogens is 6. The van der Waals surface area contributed by atoms with Gasteiger partial charge in [-0.05, 0) is 110 Å². The lowest BCUT2D eigenvalue weighted by Crippen LogP contribution is -2.43. The number of ether oxygens (including phenoxy) is 2. The highest BCUT2D eigenvalue weighted by molar-refractivity contribution is 6.35. The molecule has 49 heavy (non-hydrogen) atoms. The summed E-state index contributed by atoms with van der Waals surface area (Å²) in [5.74, 6) is -5.12. The number of hydrogen-bond donors (Lipinski definition) is 0. The molecule has 7 nitrogen and oxygen atoms in total. The summed E-state index contributed by atoms with van der Waals surface area (Å²) in [6.07, 6.45) is -1.57. The average Bonchev–Trinajstić information content (AvgIpc) is 3.78. The predicted molar refractivity (Wildman–Crippen MR) is 175 cm³/mol. The van der Waals surface area contributed by atoms with Crippen molar-refractivity contribution < 1.29 is 41.4 Å². The summed E-state index contributed by atoms with van der Waals surface area (Å²) < 4.78 is 63.4. The van der Waals surface area contributed by atoms with Crippen molar-refractivity contribution in [3.05, 3.63) is 87.2 Å². The molecule has 1 saturated carbocycles. The van der Waals surface area contributed by atoms with Crippen LogP contribution < -0.4 is 4.74 Å². The Kier molecular flexibility index (Phi) is 10.5. The lowest BCUT2D eigenvalue weighted by molar-refractivity contribution is -0.203. The van der Waals surface area contributed by atoms with Crippen LogP contribution in [0.15, 0.2) is 54.6 Å². The van der Waals surface area contributed by atoms with Gasteiger partial charge in [-0.1, -0.05) is 47.5 Å². The van der Waals surface area contributed by atoms with Gasteiger partial charge >= 0.3 is 18.1 Å². The van der Waals surface area contributed by atoms with Crippen molar-refractivity contribution in [1.82, 2.24) is 9.80 Å². The SMILES string of the molecule is O=C(OC(=O)C(F)(F)F)[C@@H]1CCCN1C(=O)c1cc(C2CC2)c(OCC2CCN(Cc3ccc(-c4cc(Cl)cc(Cl)c4)cc3)CC2)cc1F. The summed E-state index contributed by atoms with van der Waals surface area (Å²) in [6.45, 7) is 2.98. The molecular weight excluding hydrogens is 687 g/mol. The lowest BCUT2D eigenvalue weighted by atomic mass is 9.97. The number of likely N-dealkylation sites (tertiary alicyclic amines) is 2. The van der Waals surface area contributed by atoms with E-state index in [-0.39, 0.29) is 36.8 Å². The van der Waals surface area contributed by atoms with Crippen molar-refractivity contribution in [2.75, 3.05) is 26.2 Å². The van der Waals surface area contributed by atoms with Crippen molar-refractivity contribution in [3.8, 4) is 16.9 Å². The maximum atomic E-state index is 15.4. The van der Waals surface area contributed by atoms with Crippen molar-refractivity contribution >= 4 is 41.0 Å². The van der Waals surface area contributed by atoms with Crippen LogP contribution in [0.4, 0.5) is 17.6 Å². The first-order chi connectivity index (χ1) is 23.4. The summed E-state index contributed by atoms with van der Waals surface area (Å²) in [6, 6.07) is 15.0. The zero-order valence-corrected chi connectivity index (χ0v) is 27.9. The van der Waals surface area contributed by atoms with Crippen LogP contribution in [0.2, 0.25) is 10.0 Å². The lowest BCUT2D eigenvalue weighted by Gasteiger charge is -2.32. The van der Waals surface area contributed by atoms with E-state index in [1.165, 1.54) is 17.7 Å². The molecule has 3 fully saturated rings. The minimum Gasteiger partial charge on any atom is -0.493 e. The van der Waals surface area contributed by atoms with E-state index in [1.807, 2.05) is 12.1 Å². The zero-order chi connectivity index (χ0) is 34.9. The molecule has 6 rings (SSSR count). The predicted octanol–water partition coefficient (Wildman–Crippen LogP) is 8.20. The molecule has 0 unspecified atom stereocenters. The number of rotatable bonds is 9. The molecule has 260 valence electrons. The van der Waals surface area contributed by atoms with Gasteiger partial charge in [0, 0.05) is 29.2 Å². The van der Waals surface area contributed by atoms with Gasteiger partial charge in [-0.25, -0.2) is 14.0 Å². The third-order valence-electron chi connectivity index (χ3n) is 9.30. The van der Waals surface area contributed by atoms with Gasteiger partial charge in [0.05, 0.1) is 12.2 Å². The van der Waals surface area contributed by atoms with Crippen molar-refractivity contribution in [2.45, 2.75) is 63.2 Å². The molecule has 3 aliphatic rings. The van der Waals surface area contributed by atoms with Gasteiger partial charge in [0.25, 0.3) is 5.91 Å². The summed E-state index contributed by atoms with van der Waals surface area (Å²) >= 11 is 12.3. The zero-order valence-electron chi connectivity index (χ0n) is 26.4. The first kappa shape index (κ1) is 35.2. The van der Waals surface area contributed by atoms with Crippen LogP contribution in [-0.4, -0.2) is 66.1 Å². The number of benzene rings is 3. The molecular formula is C36H34Cl2F4N2O5. The molecule has 2 saturated heterocycles. The minimum atomic E-state index is -5.36. The highest BCUT2D eigenvalue weighted by Gasteiger charge is 2.45. The van der Waals surface area contributed by atoms with Gasteiger partial charge in [-0.15, -0.1) is 0 Å². The Labute approximate surface area is 291 Å². The van der Waals surface area contributed by atoms with E-state index in [4.69, 9.17) is 27.9 Å². The van der Waals surface area contributed by atoms with Gasteiger partial charge in [0.2, 0.25) is 0 Å².